The molecule has 1 saturated carbocycles. The highest BCUT2D eigenvalue weighted by atomic mass is 32.1. The lowest BCUT2D eigenvalue weighted by atomic mass is 10.2. The number of ether oxygens (including phenoxy) is 1. The van der Waals surface area contributed by atoms with Crippen LogP contribution < -0.4 is 10.9 Å². The van der Waals surface area contributed by atoms with Gasteiger partial charge < -0.3 is 10.1 Å². The van der Waals surface area contributed by atoms with Gasteiger partial charge in [0.2, 0.25) is 10.9 Å². The molecule has 0 radical (unpaired) electrons. The summed E-state index contributed by atoms with van der Waals surface area (Å²) in [6, 6.07) is 7.88. The van der Waals surface area contributed by atoms with Gasteiger partial charge in [-0.25, -0.2) is 9.78 Å². The van der Waals surface area contributed by atoms with E-state index in [0.717, 1.165) is 17.8 Å². The number of fused-ring (bicyclic) bond motifs is 1. The van der Waals surface area contributed by atoms with Crippen LogP contribution in [0.2, 0.25) is 0 Å². The van der Waals surface area contributed by atoms with E-state index in [4.69, 9.17) is 4.74 Å². The predicted octanol–water partition coefficient (Wildman–Crippen LogP) is 2.34. The normalized spacial score (nSPS) is 13.5. The van der Waals surface area contributed by atoms with Gasteiger partial charge in [0.15, 0.2) is 0 Å². The van der Waals surface area contributed by atoms with Gasteiger partial charge in [-0.2, -0.15) is 9.61 Å². The lowest BCUT2D eigenvalue weighted by Crippen LogP contribution is -2.17. The van der Waals surface area contributed by atoms with E-state index < -0.39 is 5.97 Å². The molecule has 1 fully saturated rings. The average Bonchev–Trinajstić information content (AvgIpc) is 3.39. The van der Waals surface area contributed by atoms with E-state index in [0.29, 0.717) is 22.3 Å². The number of carbonyl (C=O) groups is 2. The number of benzene rings is 1. The van der Waals surface area contributed by atoms with E-state index in [1.165, 1.54) is 28.8 Å². The monoisotopic (exact) mass is 384 g/mol. The minimum Gasteiger partial charge on any atom is -0.456 e. The highest BCUT2D eigenvalue weighted by Crippen LogP contribution is 2.41. The van der Waals surface area contributed by atoms with Gasteiger partial charge >= 0.3 is 5.97 Å². The second-order valence-corrected chi connectivity index (χ2v) is 7.29. The Balaban J connectivity index is 1.52. The molecule has 1 aromatic carbocycles. The number of aromatic nitrogens is 3. The minimum absolute atomic E-state index is 0.143. The first-order valence-corrected chi connectivity index (χ1v) is 9.26. The summed E-state index contributed by atoms with van der Waals surface area (Å²) >= 11 is 1.39. The van der Waals surface area contributed by atoms with Crippen molar-refractivity contribution in [3.05, 3.63) is 57.0 Å². The van der Waals surface area contributed by atoms with Crippen LogP contribution in [-0.2, 0) is 16.1 Å². The number of nitrogens with one attached hydrogen (secondary N) is 1. The van der Waals surface area contributed by atoms with Gasteiger partial charge in [0, 0.05) is 18.9 Å². The van der Waals surface area contributed by atoms with Crippen molar-refractivity contribution in [3.63, 3.8) is 0 Å². The first-order chi connectivity index (χ1) is 13.0. The number of nitrogens with zero attached hydrogens (tertiary/aromatic N) is 3. The molecule has 138 valence electrons. The van der Waals surface area contributed by atoms with Crippen LogP contribution in [0.4, 0.5) is 5.69 Å². The Morgan fingerprint density at radius 2 is 2.11 bits per heavy atom. The van der Waals surface area contributed by atoms with E-state index >= 15 is 0 Å². The molecule has 8 nitrogen and oxygen atoms in total. The quantitative estimate of drug-likeness (QED) is 0.678. The molecule has 1 amide bonds. The number of para-hydroxylation sites is 1. The zero-order valence-corrected chi connectivity index (χ0v) is 15.3. The van der Waals surface area contributed by atoms with Gasteiger partial charge in [0.25, 0.3) is 5.56 Å². The Morgan fingerprint density at radius 1 is 1.33 bits per heavy atom. The van der Waals surface area contributed by atoms with Crippen molar-refractivity contribution in [2.24, 2.45) is 0 Å². The molecule has 0 bridgehead atoms. The predicted molar refractivity (Wildman–Crippen MR) is 99.0 cm³/mol. The van der Waals surface area contributed by atoms with Crippen molar-refractivity contribution >= 4 is 33.9 Å². The van der Waals surface area contributed by atoms with E-state index in [9.17, 15) is 14.4 Å². The van der Waals surface area contributed by atoms with E-state index in [1.807, 2.05) is 0 Å². The van der Waals surface area contributed by atoms with Crippen molar-refractivity contribution in [1.82, 2.24) is 14.6 Å². The number of rotatable bonds is 5. The Morgan fingerprint density at radius 3 is 2.85 bits per heavy atom. The first-order valence-electron chi connectivity index (χ1n) is 8.44. The van der Waals surface area contributed by atoms with Crippen molar-refractivity contribution in [3.8, 4) is 0 Å². The fourth-order valence-corrected chi connectivity index (χ4v) is 3.71. The number of anilines is 1. The van der Waals surface area contributed by atoms with Crippen molar-refractivity contribution < 1.29 is 14.3 Å². The molecule has 0 aliphatic heterocycles. The molecule has 0 atom stereocenters. The highest BCUT2D eigenvalue weighted by molar-refractivity contribution is 7.16. The fraction of sp³-hybridized carbons (Fsp3) is 0.278. The SMILES string of the molecule is CC(=O)Nc1ccccc1C(=O)OCc1cc(=O)n2nc(C3CC3)sc2n1. The second-order valence-electron chi connectivity index (χ2n) is 6.30. The summed E-state index contributed by atoms with van der Waals surface area (Å²) in [5, 5.41) is 7.81. The number of carbonyl (C=O) groups excluding carboxylic acids is 2. The molecule has 1 aliphatic carbocycles. The van der Waals surface area contributed by atoms with Crippen molar-refractivity contribution in [2.45, 2.75) is 32.3 Å². The maximum absolute atomic E-state index is 12.4. The summed E-state index contributed by atoms with van der Waals surface area (Å²) in [7, 11) is 0. The van der Waals surface area contributed by atoms with E-state index in [1.54, 1.807) is 24.3 Å². The Labute approximate surface area is 157 Å². The largest absolute Gasteiger partial charge is 0.456 e. The molecule has 2 heterocycles. The van der Waals surface area contributed by atoms with Crippen LogP contribution >= 0.6 is 11.3 Å². The third-order valence-corrected chi connectivity index (χ3v) is 5.12. The molecule has 9 heteroatoms. The molecule has 3 aromatic rings. The lowest BCUT2D eigenvalue weighted by molar-refractivity contribution is -0.114. The maximum atomic E-state index is 12.4. The van der Waals surface area contributed by atoms with E-state index in [2.05, 4.69) is 15.4 Å². The zero-order chi connectivity index (χ0) is 19.0. The zero-order valence-electron chi connectivity index (χ0n) is 14.5. The summed E-state index contributed by atoms with van der Waals surface area (Å²) in [5.74, 6) is -0.459. The van der Waals surface area contributed by atoms with Crippen LogP contribution in [0.3, 0.4) is 0 Å². The Kier molecular flexibility index (Phi) is 4.44. The van der Waals surface area contributed by atoms with Crippen LogP contribution in [0.5, 0.6) is 0 Å². The summed E-state index contributed by atoms with van der Waals surface area (Å²) in [5.41, 5.74) is 0.665. The fourth-order valence-electron chi connectivity index (χ4n) is 2.62. The standard InChI is InChI=1S/C18H16N4O4S/c1-10(23)19-14-5-3-2-4-13(14)17(25)26-9-12-8-15(24)22-18(20-12)27-16(21-22)11-6-7-11/h2-5,8,11H,6-7,9H2,1H3,(H,19,23). The van der Waals surface area contributed by atoms with Crippen LogP contribution in [-0.4, -0.2) is 26.5 Å². The van der Waals surface area contributed by atoms with Gasteiger partial charge in [-0.1, -0.05) is 23.5 Å². The summed E-state index contributed by atoms with van der Waals surface area (Å²) < 4.78 is 6.58. The number of amides is 1. The number of hydrogen-bond acceptors (Lipinski definition) is 7. The molecule has 4 rings (SSSR count). The van der Waals surface area contributed by atoms with Crippen LogP contribution in [0.1, 0.15) is 46.7 Å². The van der Waals surface area contributed by atoms with Gasteiger partial charge in [-0.05, 0) is 25.0 Å². The first kappa shape index (κ1) is 17.3. The van der Waals surface area contributed by atoms with Gasteiger partial charge in [-0.3, -0.25) is 9.59 Å². The molecular formula is C18H16N4O4S. The third-order valence-electron chi connectivity index (χ3n) is 4.05. The van der Waals surface area contributed by atoms with Crippen molar-refractivity contribution in [2.75, 3.05) is 5.32 Å². The van der Waals surface area contributed by atoms with Crippen LogP contribution in [0, 0.1) is 0 Å². The highest BCUT2D eigenvalue weighted by Gasteiger charge is 2.28. The topological polar surface area (TPSA) is 103 Å². The summed E-state index contributed by atoms with van der Waals surface area (Å²) in [6.07, 6.45) is 2.18. The average molecular weight is 384 g/mol. The molecular weight excluding hydrogens is 368 g/mol. The molecule has 2 aromatic heterocycles. The summed E-state index contributed by atoms with van der Waals surface area (Å²) in [6.45, 7) is 1.22. The smallest absolute Gasteiger partial charge is 0.340 e. The molecule has 0 unspecified atom stereocenters. The lowest BCUT2D eigenvalue weighted by Gasteiger charge is -2.09. The third kappa shape index (κ3) is 3.72. The maximum Gasteiger partial charge on any atom is 0.340 e. The molecule has 1 N–H and O–H groups in total. The minimum atomic E-state index is -0.607. The Bertz CT molecular complexity index is 1100. The Hall–Kier alpha value is -3.07. The van der Waals surface area contributed by atoms with Crippen molar-refractivity contribution in [1.29, 1.82) is 0 Å². The number of esters is 1. The number of hydrogen-bond donors (Lipinski definition) is 1. The van der Waals surface area contributed by atoms with Crippen LogP contribution in [0.15, 0.2) is 35.1 Å². The second kappa shape index (κ2) is 6.92. The van der Waals surface area contributed by atoms with Gasteiger partial charge in [0.1, 0.15) is 11.6 Å². The summed E-state index contributed by atoms with van der Waals surface area (Å²) in [4.78, 5) is 40.7. The van der Waals surface area contributed by atoms with Gasteiger partial charge in [-0.15, -0.1) is 0 Å². The molecule has 27 heavy (non-hydrogen) atoms. The van der Waals surface area contributed by atoms with Gasteiger partial charge in [0.05, 0.1) is 16.9 Å². The molecule has 0 saturated heterocycles. The van der Waals surface area contributed by atoms with E-state index in [-0.39, 0.29) is 23.6 Å². The molecule has 1 aliphatic rings. The van der Waals surface area contributed by atoms with Crippen LogP contribution in [0.25, 0.3) is 4.96 Å². The molecule has 0 spiro atoms.